The largest absolute Gasteiger partial charge is 0.311 e. The molecule has 1 nitrogen and oxygen atoms in total. The summed E-state index contributed by atoms with van der Waals surface area (Å²) in [4.78, 5) is 0. The fraction of sp³-hybridized carbons (Fsp3) is 0.500. The molecule has 0 heterocycles. The van der Waals surface area contributed by atoms with E-state index in [1.54, 1.807) is 0 Å². The van der Waals surface area contributed by atoms with Crippen molar-refractivity contribution in [2.24, 2.45) is 0 Å². The average Bonchev–Trinajstić information content (AvgIpc) is 1.87. The molecule has 2 heteroatoms. The van der Waals surface area contributed by atoms with E-state index in [0.29, 0.717) is 11.6 Å². The van der Waals surface area contributed by atoms with E-state index in [4.69, 9.17) is 11.6 Å². The van der Waals surface area contributed by atoms with Crippen LogP contribution in [0, 0.1) is 11.8 Å². The van der Waals surface area contributed by atoms with Crippen LogP contribution in [-0.2, 0) is 0 Å². The Labute approximate surface area is 67.5 Å². The van der Waals surface area contributed by atoms with E-state index in [1.807, 2.05) is 6.92 Å². The normalized spacial score (nSPS) is 8.20. The Hall–Kier alpha value is -0.450. The molecule has 0 spiro atoms. The van der Waals surface area contributed by atoms with Gasteiger partial charge in [0.05, 0.1) is 0 Å². The summed E-state index contributed by atoms with van der Waals surface area (Å²) in [5, 5.41) is 3.73. The summed E-state index contributed by atoms with van der Waals surface area (Å²) >= 11 is 5.50. The van der Waals surface area contributed by atoms with Crippen LogP contribution in [0.15, 0.2) is 11.6 Å². The van der Waals surface area contributed by atoms with E-state index >= 15 is 0 Å². The SMILES string of the molecule is C=C(Cl)CNCCC#CC. The first-order valence-corrected chi connectivity index (χ1v) is 3.58. The predicted octanol–water partition coefficient (Wildman–Crippen LogP) is 1.74. The molecule has 0 radical (unpaired) electrons. The molecule has 0 aliphatic heterocycles. The lowest BCUT2D eigenvalue weighted by molar-refractivity contribution is 0.760. The Morgan fingerprint density at radius 1 is 1.70 bits per heavy atom. The molecule has 0 aromatic rings. The Bertz CT molecular complexity index is 152. The van der Waals surface area contributed by atoms with Crippen molar-refractivity contribution in [1.29, 1.82) is 0 Å². The second-order valence-corrected chi connectivity index (χ2v) is 2.41. The molecule has 1 N–H and O–H groups in total. The van der Waals surface area contributed by atoms with Crippen LogP contribution in [0.4, 0.5) is 0 Å². The molecule has 0 aliphatic rings. The van der Waals surface area contributed by atoms with Gasteiger partial charge < -0.3 is 5.32 Å². The van der Waals surface area contributed by atoms with E-state index in [0.717, 1.165) is 13.0 Å². The van der Waals surface area contributed by atoms with Crippen molar-refractivity contribution < 1.29 is 0 Å². The second-order valence-electron chi connectivity index (χ2n) is 1.87. The Morgan fingerprint density at radius 2 is 2.40 bits per heavy atom. The summed E-state index contributed by atoms with van der Waals surface area (Å²) in [7, 11) is 0. The quantitative estimate of drug-likeness (QED) is 0.484. The monoisotopic (exact) mass is 157 g/mol. The summed E-state index contributed by atoms with van der Waals surface area (Å²) in [6, 6.07) is 0. The molecular formula is C8H12ClN. The van der Waals surface area contributed by atoms with Crippen molar-refractivity contribution in [2.75, 3.05) is 13.1 Å². The van der Waals surface area contributed by atoms with Gasteiger partial charge in [0.15, 0.2) is 0 Å². The molecule has 0 rings (SSSR count). The first kappa shape index (κ1) is 9.55. The van der Waals surface area contributed by atoms with E-state index in [1.165, 1.54) is 0 Å². The molecule has 0 atom stereocenters. The third-order valence-corrected chi connectivity index (χ3v) is 1.05. The van der Waals surface area contributed by atoms with Gasteiger partial charge in [-0.1, -0.05) is 18.2 Å². The van der Waals surface area contributed by atoms with Crippen molar-refractivity contribution in [2.45, 2.75) is 13.3 Å². The highest BCUT2D eigenvalue weighted by molar-refractivity contribution is 6.29. The van der Waals surface area contributed by atoms with E-state index in [-0.39, 0.29) is 0 Å². The molecular weight excluding hydrogens is 146 g/mol. The van der Waals surface area contributed by atoms with Crippen LogP contribution in [0.1, 0.15) is 13.3 Å². The van der Waals surface area contributed by atoms with Gasteiger partial charge in [0.25, 0.3) is 0 Å². The topological polar surface area (TPSA) is 12.0 Å². The lowest BCUT2D eigenvalue weighted by atomic mass is 10.4. The van der Waals surface area contributed by atoms with E-state index < -0.39 is 0 Å². The highest BCUT2D eigenvalue weighted by Crippen LogP contribution is 1.91. The van der Waals surface area contributed by atoms with Crippen LogP contribution < -0.4 is 5.32 Å². The van der Waals surface area contributed by atoms with Crippen LogP contribution in [-0.4, -0.2) is 13.1 Å². The number of nitrogens with one attached hydrogen (secondary N) is 1. The Kier molecular flexibility index (Phi) is 6.37. The van der Waals surface area contributed by atoms with Crippen LogP contribution in [0.25, 0.3) is 0 Å². The minimum Gasteiger partial charge on any atom is -0.311 e. The molecule has 0 fully saturated rings. The highest BCUT2D eigenvalue weighted by atomic mass is 35.5. The van der Waals surface area contributed by atoms with Crippen molar-refractivity contribution in [1.82, 2.24) is 5.32 Å². The first-order valence-electron chi connectivity index (χ1n) is 3.21. The highest BCUT2D eigenvalue weighted by Gasteiger charge is 1.85. The molecule has 56 valence electrons. The summed E-state index contributed by atoms with van der Waals surface area (Å²) in [6.45, 7) is 6.93. The van der Waals surface area contributed by atoms with E-state index in [2.05, 4.69) is 23.7 Å². The average molecular weight is 158 g/mol. The lowest BCUT2D eigenvalue weighted by Gasteiger charge is -1.97. The van der Waals surface area contributed by atoms with Gasteiger partial charge in [-0.15, -0.1) is 11.8 Å². The minimum absolute atomic E-state index is 0.643. The molecule has 0 aromatic heterocycles. The molecule has 0 saturated carbocycles. The number of hydrogen-bond donors (Lipinski definition) is 1. The first-order chi connectivity index (χ1) is 4.77. The number of rotatable bonds is 4. The van der Waals surface area contributed by atoms with Crippen molar-refractivity contribution >= 4 is 11.6 Å². The molecule has 10 heavy (non-hydrogen) atoms. The Morgan fingerprint density at radius 3 is 2.90 bits per heavy atom. The zero-order valence-corrected chi connectivity index (χ0v) is 6.96. The second kappa shape index (κ2) is 6.67. The summed E-state index contributed by atoms with van der Waals surface area (Å²) in [6.07, 6.45) is 0.876. The van der Waals surface area contributed by atoms with Crippen LogP contribution in [0.5, 0.6) is 0 Å². The smallest absolute Gasteiger partial charge is 0.0307 e. The van der Waals surface area contributed by atoms with Gasteiger partial charge in [0.2, 0.25) is 0 Å². The van der Waals surface area contributed by atoms with Gasteiger partial charge in [0, 0.05) is 24.5 Å². The van der Waals surface area contributed by atoms with Crippen molar-refractivity contribution in [3.8, 4) is 11.8 Å². The molecule has 0 unspecified atom stereocenters. The molecule has 0 aliphatic carbocycles. The summed E-state index contributed by atoms with van der Waals surface area (Å²) in [5.74, 6) is 5.75. The maximum Gasteiger partial charge on any atom is 0.0307 e. The maximum atomic E-state index is 5.50. The van der Waals surface area contributed by atoms with Crippen molar-refractivity contribution in [3.63, 3.8) is 0 Å². The minimum atomic E-state index is 0.643. The molecule has 0 saturated heterocycles. The molecule has 0 amide bonds. The van der Waals surface area contributed by atoms with Gasteiger partial charge >= 0.3 is 0 Å². The zero-order valence-electron chi connectivity index (χ0n) is 6.21. The summed E-state index contributed by atoms with van der Waals surface area (Å²) in [5.41, 5.74) is 0. The van der Waals surface area contributed by atoms with Crippen molar-refractivity contribution in [3.05, 3.63) is 11.6 Å². The fourth-order valence-electron chi connectivity index (χ4n) is 0.500. The van der Waals surface area contributed by atoms with Gasteiger partial charge in [-0.25, -0.2) is 0 Å². The van der Waals surface area contributed by atoms with Crippen LogP contribution >= 0.6 is 11.6 Å². The fourth-order valence-corrected chi connectivity index (χ4v) is 0.594. The van der Waals surface area contributed by atoms with Gasteiger partial charge in [-0.2, -0.15) is 0 Å². The van der Waals surface area contributed by atoms with Gasteiger partial charge in [-0.3, -0.25) is 0 Å². The van der Waals surface area contributed by atoms with Crippen LogP contribution in [0.3, 0.4) is 0 Å². The van der Waals surface area contributed by atoms with Gasteiger partial charge in [0.1, 0.15) is 0 Å². The van der Waals surface area contributed by atoms with E-state index in [9.17, 15) is 0 Å². The number of hydrogen-bond acceptors (Lipinski definition) is 1. The third kappa shape index (κ3) is 7.55. The summed E-state index contributed by atoms with van der Waals surface area (Å²) < 4.78 is 0. The Balaban J connectivity index is 3.03. The van der Waals surface area contributed by atoms with Crippen LogP contribution in [0.2, 0.25) is 0 Å². The maximum absolute atomic E-state index is 5.50. The molecule has 0 bridgehead atoms. The molecule has 0 aromatic carbocycles. The van der Waals surface area contributed by atoms with Gasteiger partial charge in [-0.05, 0) is 6.92 Å². The standard InChI is InChI=1S/C8H12ClN/c1-3-4-5-6-10-7-8(2)9/h10H,2,5-7H2,1H3. The lowest BCUT2D eigenvalue weighted by Crippen LogP contribution is -2.15. The number of halogens is 1. The zero-order chi connectivity index (χ0) is 7.82. The third-order valence-electron chi connectivity index (χ3n) is 0.920. The predicted molar refractivity (Wildman–Crippen MR) is 45.9 cm³/mol.